The first-order chi connectivity index (χ1) is 9.99. The Kier molecular flexibility index (Phi) is 8.26. The molecule has 1 amide bonds. The number of amides is 1. The molecule has 0 aliphatic carbocycles. The molecule has 3 N–H and O–H groups in total. The first-order valence-corrected chi connectivity index (χ1v) is 8.09. The highest BCUT2D eigenvalue weighted by atomic mass is 32.1. The van der Waals surface area contributed by atoms with Crippen molar-refractivity contribution in [3.05, 3.63) is 11.1 Å². The largest absolute Gasteiger partial charge is 0.470 e. The zero-order valence-corrected chi connectivity index (χ0v) is 13.4. The van der Waals surface area contributed by atoms with Crippen LogP contribution in [-0.2, 0) is 0 Å². The summed E-state index contributed by atoms with van der Waals surface area (Å²) >= 11 is 1.22. The Morgan fingerprint density at radius 3 is 2.81 bits per heavy atom. The first kappa shape index (κ1) is 17.9. The maximum Gasteiger partial charge on any atom is 0.273 e. The highest BCUT2D eigenvalue weighted by Crippen LogP contribution is 2.18. The van der Waals surface area contributed by atoms with E-state index in [0.29, 0.717) is 23.4 Å². The molecule has 1 aromatic rings. The van der Waals surface area contributed by atoms with Gasteiger partial charge in [0.1, 0.15) is 5.69 Å². The summed E-state index contributed by atoms with van der Waals surface area (Å²) in [7, 11) is 0. The van der Waals surface area contributed by atoms with Gasteiger partial charge in [0, 0.05) is 18.3 Å². The summed E-state index contributed by atoms with van der Waals surface area (Å²) in [5, 5.41) is 22.2. The molecule has 1 heterocycles. The number of thiazole rings is 1. The lowest BCUT2D eigenvalue weighted by Gasteiger charge is -2.05. The number of unbranched alkanes of at least 4 members (excludes halogenated alkanes) is 1. The van der Waals surface area contributed by atoms with Crippen molar-refractivity contribution < 1.29 is 19.7 Å². The first-order valence-electron chi connectivity index (χ1n) is 7.21. The molecule has 120 valence electrons. The van der Waals surface area contributed by atoms with Crippen LogP contribution in [0.2, 0.25) is 0 Å². The van der Waals surface area contributed by atoms with Crippen molar-refractivity contribution >= 4 is 17.2 Å². The summed E-state index contributed by atoms with van der Waals surface area (Å²) in [6.45, 7) is 5.17. The fourth-order valence-corrected chi connectivity index (χ4v) is 2.32. The van der Waals surface area contributed by atoms with E-state index < -0.39 is 6.29 Å². The number of ether oxygens (including phenoxy) is 1. The lowest BCUT2D eigenvalue weighted by atomic mass is 10.1. The maximum absolute atomic E-state index is 11.8. The molecule has 0 aliphatic rings. The Bertz CT molecular complexity index is 421. The number of hydrogen-bond donors (Lipinski definition) is 3. The summed E-state index contributed by atoms with van der Waals surface area (Å²) in [6.07, 6.45) is 1.95. The van der Waals surface area contributed by atoms with Crippen molar-refractivity contribution in [1.29, 1.82) is 0 Å². The molecule has 7 heteroatoms. The predicted octanol–water partition coefficient (Wildman–Crippen LogP) is 1.78. The van der Waals surface area contributed by atoms with Gasteiger partial charge in [0.2, 0.25) is 0 Å². The number of rotatable bonds is 10. The number of aliphatic hydroxyl groups is 2. The van der Waals surface area contributed by atoms with Crippen LogP contribution in [0.5, 0.6) is 5.19 Å². The molecule has 0 fully saturated rings. The summed E-state index contributed by atoms with van der Waals surface area (Å²) < 4.78 is 5.22. The van der Waals surface area contributed by atoms with Gasteiger partial charge in [-0.3, -0.25) is 4.79 Å². The number of hydrogen-bond acceptors (Lipinski definition) is 6. The van der Waals surface area contributed by atoms with Crippen molar-refractivity contribution in [1.82, 2.24) is 10.3 Å². The Balaban J connectivity index is 2.23. The topological polar surface area (TPSA) is 91.7 Å². The molecular weight excluding hydrogens is 292 g/mol. The van der Waals surface area contributed by atoms with Gasteiger partial charge in [-0.15, -0.1) is 0 Å². The fourth-order valence-electron chi connectivity index (χ4n) is 1.65. The molecule has 0 saturated carbocycles. The zero-order valence-electron chi connectivity index (χ0n) is 12.5. The molecule has 6 nitrogen and oxygen atoms in total. The minimum Gasteiger partial charge on any atom is -0.470 e. The quantitative estimate of drug-likeness (QED) is 0.452. The Morgan fingerprint density at radius 1 is 1.38 bits per heavy atom. The number of carbonyl (C=O) groups is 1. The normalized spacial score (nSPS) is 11.1. The molecular formula is C14H24N2O4S. The molecule has 0 aromatic carbocycles. The number of aromatic nitrogens is 1. The van der Waals surface area contributed by atoms with Crippen LogP contribution >= 0.6 is 11.3 Å². The van der Waals surface area contributed by atoms with E-state index in [1.54, 1.807) is 5.38 Å². The molecule has 0 bridgehead atoms. The van der Waals surface area contributed by atoms with E-state index in [1.165, 1.54) is 17.8 Å². The predicted molar refractivity (Wildman–Crippen MR) is 81.5 cm³/mol. The van der Waals surface area contributed by atoms with Crippen LogP contribution < -0.4 is 10.1 Å². The third-order valence-corrected chi connectivity index (χ3v) is 3.56. The van der Waals surface area contributed by atoms with E-state index in [-0.39, 0.29) is 18.9 Å². The minimum absolute atomic E-state index is 0.108. The van der Waals surface area contributed by atoms with Crippen molar-refractivity contribution in [2.75, 3.05) is 13.2 Å². The molecule has 0 atom stereocenters. The van der Waals surface area contributed by atoms with E-state index in [2.05, 4.69) is 24.1 Å². The van der Waals surface area contributed by atoms with Crippen molar-refractivity contribution in [2.45, 2.75) is 45.8 Å². The van der Waals surface area contributed by atoms with Gasteiger partial charge in [-0.1, -0.05) is 38.0 Å². The molecule has 0 radical (unpaired) electrons. The van der Waals surface area contributed by atoms with Gasteiger partial charge in [-0.25, -0.2) is 0 Å². The maximum atomic E-state index is 11.8. The van der Waals surface area contributed by atoms with Gasteiger partial charge in [0.25, 0.3) is 11.1 Å². The summed E-state index contributed by atoms with van der Waals surface area (Å²) in [4.78, 5) is 15.9. The van der Waals surface area contributed by atoms with Crippen molar-refractivity contribution in [2.24, 2.45) is 5.92 Å². The van der Waals surface area contributed by atoms with E-state index in [9.17, 15) is 4.79 Å². The van der Waals surface area contributed by atoms with Gasteiger partial charge < -0.3 is 20.3 Å². The van der Waals surface area contributed by atoms with Crippen LogP contribution in [0.4, 0.5) is 0 Å². The standard InChI is InChI=1S/C14H24N2O4S/c1-10(2)5-3-4-7-15-13(19)11-9-21-14(16-11)20-8-6-12(17)18/h9-10,12,17-18H,3-8H2,1-2H3,(H,15,19). The van der Waals surface area contributed by atoms with Crippen LogP contribution in [0.15, 0.2) is 5.38 Å². The van der Waals surface area contributed by atoms with Gasteiger partial charge in [0.05, 0.1) is 6.61 Å². The number of aliphatic hydroxyl groups excluding tert-OH is 1. The number of nitrogens with zero attached hydrogens (tertiary/aromatic N) is 1. The molecule has 0 unspecified atom stereocenters. The Hall–Kier alpha value is -1.18. The SMILES string of the molecule is CC(C)CCCCNC(=O)c1csc(OCCC(O)O)n1. The van der Waals surface area contributed by atoms with Gasteiger partial charge in [0.15, 0.2) is 6.29 Å². The molecule has 1 rings (SSSR count). The Labute approximate surface area is 129 Å². The van der Waals surface area contributed by atoms with Crippen LogP contribution in [-0.4, -0.2) is 40.5 Å². The van der Waals surface area contributed by atoms with Gasteiger partial charge in [-0.05, 0) is 12.3 Å². The van der Waals surface area contributed by atoms with Crippen LogP contribution in [0.25, 0.3) is 0 Å². The van der Waals surface area contributed by atoms with E-state index >= 15 is 0 Å². The average Bonchev–Trinajstić information content (AvgIpc) is 2.86. The van der Waals surface area contributed by atoms with Crippen LogP contribution in [0.3, 0.4) is 0 Å². The van der Waals surface area contributed by atoms with Crippen LogP contribution in [0, 0.1) is 5.92 Å². The lowest BCUT2D eigenvalue weighted by molar-refractivity contribution is -0.0520. The highest BCUT2D eigenvalue weighted by Gasteiger charge is 2.11. The molecule has 1 aromatic heterocycles. The molecule has 0 saturated heterocycles. The van der Waals surface area contributed by atoms with E-state index in [4.69, 9.17) is 14.9 Å². The third-order valence-electron chi connectivity index (χ3n) is 2.81. The summed E-state index contributed by atoms with van der Waals surface area (Å²) in [5.74, 6) is 0.490. The second-order valence-corrected chi connectivity index (χ2v) is 6.08. The molecule has 0 aliphatic heterocycles. The highest BCUT2D eigenvalue weighted by molar-refractivity contribution is 7.11. The molecule has 0 spiro atoms. The minimum atomic E-state index is -1.39. The van der Waals surface area contributed by atoms with Crippen molar-refractivity contribution in [3.8, 4) is 5.19 Å². The number of carbonyl (C=O) groups excluding carboxylic acids is 1. The van der Waals surface area contributed by atoms with Gasteiger partial charge in [-0.2, -0.15) is 4.98 Å². The van der Waals surface area contributed by atoms with Crippen LogP contribution in [0.1, 0.15) is 50.0 Å². The average molecular weight is 316 g/mol. The third kappa shape index (κ3) is 7.99. The smallest absolute Gasteiger partial charge is 0.273 e. The summed E-state index contributed by atoms with van der Waals surface area (Å²) in [5.41, 5.74) is 0.336. The zero-order chi connectivity index (χ0) is 15.7. The second-order valence-electron chi connectivity index (χ2n) is 5.26. The van der Waals surface area contributed by atoms with Crippen molar-refractivity contribution in [3.63, 3.8) is 0 Å². The fraction of sp³-hybridized carbons (Fsp3) is 0.714. The summed E-state index contributed by atoms with van der Waals surface area (Å²) in [6, 6.07) is 0. The van der Waals surface area contributed by atoms with Gasteiger partial charge >= 0.3 is 0 Å². The second kappa shape index (κ2) is 9.70. The lowest BCUT2D eigenvalue weighted by Crippen LogP contribution is -2.24. The van der Waals surface area contributed by atoms with E-state index in [1.807, 2.05) is 0 Å². The molecule has 21 heavy (non-hydrogen) atoms. The van der Waals surface area contributed by atoms with E-state index in [0.717, 1.165) is 12.8 Å². The monoisotopic (exact) mass is 316 g/mol. The number of nitrogens with one attached hydrogen (secondary N) is 1. The Morgan fingerprint density at radius 2 is 2.14 bits per heavy atom.